The second kappa shape index (κ2) is 7.41. The van der Waals surface area contributed by atoms with Crippen LogP contribution in [0.25, 0.3) is 11.4 Å². The van der Waals surface area contributed by atoms with Gasteiger partial charge in [0.25, 0.3) is 5.91 Å². The molecule has 0 saturated carbocycles. The Bertz CT molecular complexity index is 933. The van der Waals surface area contributed by atoms with Crippen LogP contribution in [0.15, 0.2) is 54.7 Å². The van der Waals surface area contributed by atoms with Gasteiger partial charge in [0.15, 0.2) is 0 Å². The van der Waals surface area contributed by atoms with E-state index in [1.807, 2.05) is 39.0 Å². The SMILES string of the molecule is CC(C)(C)Nc1nc(NC(=O)c2ccc(N)cc2)cc(-c2ccccn2)n1. The van der Waals surface area contributed by atoms with E-state index in [9.17, 15) is 4.79 Å². The van der Waals surface area contributed by atoms with Gasteiger partial charge in [-0.05, 0) is 57.2 Å². The first-order valence-electron chi connectivity index (χ1n) is 8.56. The molecule has 4 N–H and O–H groups in total. The highest BCUT2D eigenvalue weighted by Gasteiger charge is 2.15. The molecule has 0 saturated heterocycles. The minimum Gasteiger partial charge on any atom is -0.399 e. The summed E-state index contributed by atoms with van der Waals surface area (Å²) in [5.41, 5.74) is 7.84. The van der Waals surface area contributed by atoms with Gasteiger partial charge in [0, 0.05) is 29.1 Å². The van der Waals surface area contributed by atoms with E-state index in [0.717, 1.165) is 0 Å². The molecule has 0 spiro atoms. The molecule has 0 aliphatic rings. The van der Waals surface area contributed by atoms with Gasteiger partial charge >= 0.3 is 0 Å². The lowest BCUT2D eigenvalue weighted by molar-refractivity contribution is 0.102. The number of nitrogens with two attached hydrogens (primary N) is 1. The number of aromatic nitrogens is 3. The number of carbonyl (C=O) groups is 1. The monoisotopic (exact) mass is 362 g/mol. The average molecular weight is 362 g/mol. The molecule has 2 aromatic heterocycles. The number of rotatable bonds is 4. The highest BCUT2D eigenvalue weighted by molar-refractivity contribution is 6.04. The summed E-state index contributed by atoms with van der Waals surface area (Å²) in [5.74, 6) is 0.528. The number of hydrogen-bond acceptors (Lipinski definition) is 6. The van der Waals surface area contributed by atoms with Gasteiger partial charge in [0.05, 0.1) is 11.4 Å². The van der Waals surface area contributed by atoms with E-state index in [1.165, 1.54) is 0 Å². The van der Waals surface area contributed by atoms with Crippen molar-refractivity contribution in [1.82, 2.24) is 15.0 Å². The first-order valence-corrected chi connectivity index (χ1v) is 8.56. The van der Waals surface area contributed by atoms with Crippen molar-refractivity contribution in [3.63, 3.8) is 0 Å². The molecular weight excluding hydrogens is 340 g/mol. The quantitative estimate of drug-likeness (QED) is 0.613. The zero-order chi connectivity index (χ0) is 19.4. The highest BCUT2D eigenvalue weighted by Crippen LogP contribution is 2.21. The second-order valence-electron chi connectivity index (χ2n) is 7.13. The molecule has 0 aliphatic carbocycles. The van der Waals surface area contributed by atoms with Crippen molar-refractivity contribution in [1.29, 1.82) is 0 Å². The second-order valence-corrected chi connectivity index (χ2v) is 7.13. The van der Waals surface area contributed by atoms with E-state index in [2.05, 4.69) is 25.6 Å². The Hall–Kier alpha value is -3.48. The van der Waals surface area contributed by atoms with Gasteiger partial charge in [-0.1, -0.05) is 6.07 Å². The van der Waals surface area contributed by atoms with Crippen LogP contribution in [0.3, 0.4) is 0 Å². The van der Waals surface area contributed by atoms with Crippen LogP contribution in [0.4, 0.5) is 17.5 Å². The summed E-state index contributed by atoms with van der Waals surface area (Å²) in [6.07, 6.45) is 1.70. The van der Waals surface area contributed by atoms with E-state index in [-0.39, 0.29) is 11.4 Å². The number of nitrogens with one attached hydrogen (secondary N) is 2. The van der Waals surface area contributed by atoms with Crippen molar-refractivity contribution < 1.29 is 4.79 Å². The zero-order valence-electron chi connectivity index (χ0n) is 15.5. The number of nitrogens with zero attached hydrogens (tertiary/aromatic N) is 3. The van der Waals surface area contributed by atoms with E-state index in [1.54, 1.807) is 36.5 Å². The maximum Gasteiger partial charge on any atom is 0.256 e. The smallest absolute Gasteiger partial charge is 0.256 e. The van der Waals surface area contributed by atoms with Gasteiger partial charge in [0.1, 0.15) is 5.82 Å². The maximum absolute atomic E-state index is 12.5. The number of pyridine rings is 1. The first-order chi connectivity index (χ1) is 12.8. The normalized spacial score (nSPS) is 11.1. The summed E-state index contributed by atoms with van der Waals surface area (Å²) in [4.78, 5) is 25.8. The topological polar surface area (TPSA) is 106 Å². The third-order valence-electron chi connectivity index (χ3n) is 3.55. The Kier molecular flexibility index (Phi) is 5.03. The van der Waals surface area contributed by atoms with Gasteiger partial charge < -0.3 is 16.4 Å². The summed E-state index contributed by atoms with van der Waals surface area (Å²) < 4.78 is 0. The van der Waals surface area contributed by atoms with Crippen LogP contribution >= 0.6 is 0 Å². The lowest BCUT2D eigenvalue weighted by Gasteiger charge is -2.21. The predicted molar refractivity (Wildman–Crippen MR) is 107 cm³/mol. The number of anilines is 3. The number of hydrogen-bond donors (Lipinski definition) is 3. The van der Waals surface area contributed by atoms with Crippen molar-refractivity contribution in [2.75, 3.05) is 16.4 Å². The molecule has 7 heteroatoms. The Balaban J connectivity index is 1.94. The van der Waals surface area contributed by atoms with Crippen LogP contribution in [0.1, 0.15) is 31.1 Å². The van der Waals surface area contributed by atoms with Crippen molar-refractivity contribution >= 4 is 23.4 Å². The van der Waals surface area contributed by atoms with Crippen LogP contribution in [-0.2, 0) is 0 Å². The summed E-state index contributed by atoms with van der Waals surface area (Å²) in [6, 6.07) is 14.0. The minimum atomic E-state index is -0.276. The molecule has 1 amide bonds. The molecule has 0 fully saturated rings. The molecule has 0 unspecified atom stereocenters. The van der Waals surface area contributed by atoms with E-state index >= 15 is 0 Å². The third kappa shape index (κ3) is 5.01. The standard InChI is InChI=1S/C20H22N6O/c1-20(2,3)26-19-23-16(15-6-4-5-11-22-15)12-17(25-19)24-18(27)13-7-9-14(21)10-8-13/h4-12H,21H2,1-3H3,(H2,23,24,25,26,27). The average Bonchev–Trinajstić information content (AvgIpc) is 2.61. The van der Waals surface area contributed by atoms with Gasteiger partial charge in [-0.15, -0.1) is 0 Å². The third-order valence-corrected chi connectivity index (χ3v) is 3.55. The van der Waals surface area contributed by atoms with Crippen LogP contribution in [0.5, 0.6) is 0 Å². The summed E-state index contributed by atoms with van der Waals surface area (Å²) in [6.45, 7) is 6.03. The minimum absolute atomic E-state index is 0.235. The molecule has 27 heavy (non-hydrogen) atoms. The largest absolute Gasteiger partial charge is 0.399 e. The molecule has 1 aromatic carbocycles. The summed E-state index contributed by atoms with van der Waals surface area (Å²) in [5, 5.41) is 6.05. The molecule has 0 radical (unpaired) electrons. The lowest BCUT2D eigenvalue weighted by atomic mass is 10.1. The molecule has 3 rings (SSSR count). The number of nitrogen functional groups attached to an aromatic ring is 1. The molecule has 138 valence electrons. The Morgan fingerprint density at radius 1 is 1.00 bits per heavy atom. The fourth-order valence-electron chi connectivity index (χ4n) is 2.37. The van der Waals surface area contributed by atoms with Crippen molar-refractivity contribution in [2.24, 2.45) is 0 Å². The van der Waals surface area contributed by atoms with Gasteiger partial charge in [0.2, 0.25) is 5.95 Å². The molecule has 7 nitrogen and oxygen atoms in total. The van der Waals surface area contributed by atoms with E-state index in [4.69, 9.17) is 5.73 Å². The van der Waals surface area contributed by atoms with Crippen LogP contribution in [0.2, 0.25) is 0 Å². The predicted octanol–water partition coefficient (Wildman–Crippen LogP) is 3.58. The fraction of sp³-hybridized carbons (Fsp3) is 0.200. The summed E-state index contributed by atoms with van der Waals surface area (Å²) in [7, 11) is 0. The number of carbonyl (C=O) groups excluding carboxylic acids is 1. The molecule has 0 aliphatic heterocycles. The molecule has 2 heterocycles. The Morgan fingerprint density at radius 3 is 2.37 bits per heavy atom. The molecular formula is C20H22N6O. The van der Waals surface area contributed by atoms with E-state index < -0.39 is 0 Å². The zero-order valence-corrected chi connectivity index (χ0v) is 15.5. The van der Waals surface area contributed by atoms with Gasteiger partial charge in [-0.3, -0.25) is 9.78 Å². The molecule has 3 aromatic rings. The fourth-order valence-corrected chi connectivity index (χ4v) is 2.37. The molecule has 0 atom stereocenters. The van der Waals surface area contributed by atoms with Crippen molar-refractivity contribution in [3.8, 4) is 11.4 Å². The van der Waals surface area contributed by atoms with Crippen LogP contribution < -0.4 is 16.4 Å². The Labute approximate surface area is 158 Å². The van der Waals surface area contributed by atoms with E-state index in [0.29, 0.717) is 34.4 Å². The van der Waals surface area contributed by atoms with Gasteiger partial charge in [-0.25, -0.2) is 4.98 Å². The van der Waals surface area contributed by atoms with Gasteiger partial charge in [-0.2, -0.15) is 4.98 Å². The maximum atomic E-state index is 12.5. The summed E-state index contributed by atoms with van der Waals surface area (Å²) >= 11 is 0. The first kappa shape index (κ1) is 18.3. The lowest BCUT2D eigenvalue weighted by Crippen LogP contribution is -2.27. The highest BCUT2D eigenvalue weighted by atomic mass is 16.1. The van der Waals surface area contributed by atoms with Crippen molar-refractivity contribution in [2.45, 2.75) is 26.3 Å². The number of benzene rings is 1. The Morgan fingerprint density at radius 2 is 1.74 bits per heavy atom. The van der Waals surface area contributed by atoms with Crippen LogP contribution in [-0.4, -0.2) is 26.4 Å². The van der Waals surface area contributed by atoms with Crippen molar-refractivity contribution in [3.05, 3.63) is 60.3 Å². The number of amides is 1. The van der Waals surface area contributed by atoms with Crippen LogP contribution in [0, 0.1) is 0 Å². The molecule has 0 bridgehead atoms.